The molecule has 0 bridgehead atoms. The van der Waals surface area contributed by atoms with E-state index in [9.17, 15) is 19.8 Å². The Morgan fingerprint density at radius 2 is 1.75 bits per heavy atom. The molecule has 2 aromatic heterocycles. The number of ether oxygens (including phenoxy) is 1. The number of esters is 1. The molecule has 2 heterocycles. The van der Waals surface area contributed by atoms with Gasteiger partial charge < -0.3 is 19.9 Å². The Bertz CT molecular complexity index is 1230. The number of hydrogen-bond acceptors (Lipinski definition) is 6. The molecule has 0 aliphatic heterocycles. The van der Waals surface area contributed by atoms with Crippen molar-refractivity contribution in [2.45, 2.75) is 0 Å². The molecule has 3 N–H and O–H groups in total. The number of nitrogens with one attached hydrogen (secondary N) is 1. The molecule has 0 amide bonds. The van der Waals surface area contributed by atoms with Crippen LogP contribution in [0.25, 0.3) is 22.2 Å². The topological polar surface area (TPSA) is 113 Å². The van der Waals surface area contributed by atoms with Gasteiger partial charge in [0.15, 0.2) is 16.9 Å². The first kappa shape index (κ1) is 17.3. The van der Waals surface area contributed by atoms with E-state index in [0.717, 1.165) is 0 Å². The Labute approximate surface area is 158 Å². The van der Waals surface area contributed by atoms with Crippen LogP contribution in [0.1, 0.15) is 10.4 Å². The second kappa shape index (κ2) is 6.88. The zero-order valence-electron chi connectivity index (χ0n) is 14.4. The number of rotatable bonds is 3. The van der Waals surface area contributed by atoms with E-state index < -0.39 is 5.97 Å². The lowest BCUT2D eigenvalue weighted by atomic mass is 10.1. The Balaban J connectivity index is 1.63. The molecule has 7 nitrogen and oxygen atoms in total. The van der Waals surface area contributed by atoms with Crippen molar-refractivity contribution in [3.05, 3.63) is 82.8 Å². The molecule has 7 heteroatoms. The molecule has 4 aromatic rings. The van der Waals surface area contributed by atoms with Gasteiger partial charge in [-0.25, -0.2) is 4.79 Å². The number of hydrogen-bond donors (Lipinski definition) is 3. The summed E-state index contributed by atoms with van der Waals surface area (Å²) in [6, 6.07) is 13.8. The van der Waals surface area contributed by atoms with Gasteiger partial charge in [-0.3, -0.25) is 9.78 Å². The number of aromatic amines is 1. The molecule has 138 valence electrons. The first-order valence-corrected chi connectivity index (χ1v) is 8.33. The number of fused-ring (bicyclic) bond motifs is 1. The number of nitrogens with zero attached hydrogens (tertiary/aromatic N) is 1. The maximum Gasteiger partial charge on any atom is 0.345 e. The van der Waals surface area contributed by atoms with Gasteiger partial charge in [0.25, 0.3) is 0 Å². The summed E-state index contributed by atoms with van der Waals surface area (Å²) in [7, 11) is 0. The molecule has 0 fully saturated rings. The van der Waals surface area contributed by atoms with Crippen LogP contribution in [0.2, 0.25) is 0 Å². The number of carbonyl (C=O) groups is 1. The van der Waals surface area contributed by atoms with Gasteiger partial charge >= 0.3 is 5.97 Å². The van der Waals surface area contributed by atoms with Gasteiger partial charge in [-0.05, 0) is 48.0 Å². The van der Waals surface area contributed by atoms with E-state index >= 15 is 0 Å². The fourth-order valence-electron chi connectivity index (χ4n) is 2.78. The van der Waals surface area contributed by atoms with Crippen molar-refractivity contribution in [1.29, 1.82) is 0 Å². The van der Waals surface area contributed by atoms with Crippen LogP contribution in [0.15, 0.2) is 71.8 Å². The van der Waals surface area contributed by atoms with Crippen LogP contribution >= 0.6 is 0 Å². The van der Waals surface area contributed by atoms with E-state index in [0.29, 0.717) is 28.1 Å². The summed E-state index contributed by atoms with van der Waals surface area (Å²) in [5.41, 5.74) is 1.64. The van der Waals surface area contributed by atoms with Crippen LogP contribution in [0.4, 0.5) is 0 Å². The quantitative estimate of drug-likeness (QED) is 0.288. The van der Waals surface area contributed by atoms with Crippen molar-refractivity contribution in [2.75, 3.05) is 0 Å². The smallest absolute Gasteiger partial charge is 0.345 e. The van der Waals surface area contributed by atoms with E-state index in [1.54, 1.807) is 42.6 Å². The van der Waals surface area contributed by atoms with E-state index in [1.807, 2.05) is 0 Å². The molecule has 0 saturated carbocycles. The SMILES string of the molecule is O=C(Oc1ccc(-c2cc(=O)c3cc(O)c(O)cc3[nH]2)cc1)c1cccnc1. The predicted molar refractivity (Wildman–Crippen MR) is 103 cm³/mol. The summed E-state index contributed by atoms with van der Waals surface area (Å²) < 4.78 is 5.30. The third kappa shape index (κ3) is 3.28. The highest BCUT2D eigenvalue weighted by Gasteiger charge is 2.11. The van der Waals surface area contributed by atoms with Crippen LogP contribution in [-0.2, 0) is 0 Å². The standard InChI is InChI=1S/C21H14N2O5/c24-18-9-16(23-17-10-20(26)19(25)8-15(17)18)12-3-5-14(6-4-12)28-21(27)13-2-1-7-22-11-13/h1-11,25-26H,(H,23,24). The number of carbonyl (C=O) groups excluding carboxylic acids is 1. The van der Waals surface area contributed by atoms with E-state index in [-0.39, 0.29) is 22.3 Å². The number of aromatic nitrogens is 2. The number of aromatic hydroxyl groups is 2. The van der Waals surface area contributed by atoms with Gasteiger partial charge in [0.2, 0.25) is 0 Å². The Kier molecular flexibility index (Phi) is 4.25. The summed E-state index contributed by atoms with van der Waals surface area (Å²) in [6.45, 7) is 0. The second-order valence-corrected chi connectivity index (χ2v) is 6.09. The Hall–Kier alpha value is -4.13. The lowest BCUT2D eigenvalue weighted by molar-refractivity contribution is 0.0734. The van der Waals surface area contributed by atoms with Crippen LogP contribution in [0.3, 0.4) is 0 Å². The van der Waals surface area contributed by atoms with Gasteiger partial charge in [0.05, 0.1) is 11.1 Å². The third-order valence-electron chi connectivity index (χ3n) is 4.20. The minimum Gasteiger partial charge on any atom is -0.504 e. The van der Waals surface area contributed by atoms with Gasteiger partial charge in [-0.1, -0.05) is 0 Å². The van der Waals surface area contributed by atoms with Crippen LogP contribution in [-0.4, -0.2) is 26.2 Å². The first-order chi connectivity index (χ1) is 13.5. The molecule has 0 aliphatic rings. The molecule has 0 atom stereocenters. The van der Waals surface area contributed by atoms with Crippen LogP contribution in [0, 0.1) is 0 Å². The molecule has 0 aliphatic carbocycles. The highest BCUT2D eigenvalue weighted by molar-refractivity contribution is 5.90. The summed E-state index contributed by atoms with van der Waals surface area (Å²) in [5, 5.41) is 19.5. The Morgan fingerprint density at radius 3 is 2.46 bits per heavy atom. The van der Waals surface area contributed by atoms with Gasteiger partial charge in [0.1, 0.15) is 5.75 Å². The average molecular weight is 374 g/mol. The van der Waals surface area contributed by atoms with Crippen molar-refractivity contribution < 1.29 is 19.7 Å². The van der Waals surface area contributed by atoms with Crippen molar-refractivity contribution in [2.24, 2.45) is 0 Å². The maximum absolute atomic E-state index is 12.3. The second-order valence-electron chi connectivity index (χ2n) is 6.09. The predicted octanol–water partition coefficient (Wildman–Crippen LogP) is 3.22. The molecule has 28 heavy (non-hydrogen) atoms. The van der Waals surface area contributed by atoms with E-state index in [1.165, 1.54) is 24.4 Å². The molecule has 0 saturated heterocycles. The minimum absolute atomic E-state index is 0.265. The number of benzene rings is 2. The largest absolute Gasteiger partial charge is 0.504 e. The molecule has 0 spiro atoms. The first-order valence-electron chi connectivity index (χ1n) is 8.33. The van der Waals surface area contributed by atoms with Crippen molar-refractivity contribution in [3.63, 3.8) is 0 Å². The maximum atomic E-state index is 12.3. The van der Waals surface area contributed by atoms with Crippen LogP contribution in [0.5, 0.6) is 17.2 Å². The fourth-order valence-corrected chi connectivity index (χ4v) is 2.78. The number of phenols is 2. The lowest BCUT2D eigenvalue weighted by Gasteiger charge is -2.08. The Morgan fingerprint density at radius 1 is 1.00 bits per heavy atom. The number of phenolic OH excluding ortho intramolecular Hbond substituents is 2. The zero-order chi connectivity index (χ0) is 19.7. The lowest BCUT2D eigenvalue weighted by Crippen LogP contribution is -2.08. The van der Waals surface area contributed by atoms with E-state index in [2.05, 4.69) is 9.97 Å². The minimum atomic E-state index is -0.518. The monoisotopic (exact) mass is 374 g/mol. The molecule has 0 radical (unpaired) electrons. The van der Waals surface area contributed by atoms with Crippen molar-refractivity contribution in [1.82, 2.24) is 9.97 Å². The summed E-state index contributed by atoms with van der Waals surface area (Å²) in [6.07, 6.45) is 2.99. The van der Waals surface area contributed by atoms with Gasteiger partial charge in [-0.15, -0.1) is 0 Å². The van der Waals surface area contributed by atoms with Gasteiger partial charge in [0, 0.05) is 35.6 Å². The molecule has 2 aromatic carbocycles. The van der Waals surface area contributed by atoms with Gasteiger partial charge in [-0.2, -0.15) is 0 Å². The summed E-state index contributed by atoms with van der Waals surface area (Å²) in [4.78, 5) is 31.3. The summed E-state index contributed by atoms with van der Waals surface area (Å²) in [5.74, 6) is -0.845. The highest BCUT2D eigenvalue weighted by atomic mass is 16.5. The normalized spacial score (nSPS) is 10.7. The molecular weight excluding hydrogens is 360 g/mol. The molecule has 4 rings (SSSR count). The molecular formula is C21H14N2O5. The average Bonchev–Trinajstić information content (AvgIpc) is 2.70. The fraction of sp³-hybridized carbons (Fsp3) is 0. The number of pyridine rings is 2. The summed E-state index contributed by atoms with van der Waals surface area (Å²) >= 11 is 0. The van der Waals surface area contributed by atoms with Crippen LogP contribution < -0.4 is 10.2 Å². The number of H-pyrrole nitrogens is 1. The van der Waals surface area contributed by atoms with Crippen molar-refractivity contribution in [3.8, 4) is 28.5 Å². The zero-order valence-corrected chi connectivity index (χ0v) is 14.4. The van der Waals surface area contributed by atoms with Crippen molar-refractivity contribution >= 4 is 16.9 Å². The molecule has 0 unspecified atom stereocenters. The van der Waals surface area contributed by atoms with E-state index in [4.69, 9.17) is 4.74 Å². The highest BCUT2D eigenvalue weighted by Crippen LogP contribution is 2.29. The third-order valence-corrected chi connectivity index (χ3v) is 4.20.